The molecule has 0 aliphatic carbocycles. The molecule has 0 atom stereocenters. The number of nitro groups is 1. The molecule has 0 unspecified atom stereocenters. The molecule has 0 fully saturated rings. The fourth-order valence-electron chi connectivity index (χ4n) is 1.37. The van der Waals surface area contributed by atoms with Crippen LogP contribution in [0.4, 0.5) is 5.69 Å². The van der Waals surface area contributed by atoms with Crippen molar-refractivity contribution in [2.75, 3.05) is 0 Å². The first-order valence-corrected chi connectivity index (χ1v) is 6.32. The summed E-state index contributed by atoms with van der Waals surface area (Å²) in [7, 11) is 0. The first-order chi connectivity index (χ1) is 9.10. The minimum atomic E-state index is -0.540. The van der Waals surface area contributed by atoms with E-state index in [1.165, 1.54) is 36.2 Å². The molecule has 0 amide bonds. The Morgan fingerprint density at radius 2 is 2.11 bits per heavy atom. The van der Waals surface area contributed by atoms with E-state index >= 15 is 0 Å². The molecule has 0 aliphatic rings. The minimum absolute atomic E-state index is 0.115. The van der Waals surface area contributed by atoms with Crippen LogP contribution in [0.1, 0.15) is 10.4 Å². The van der Waals surface area contributed by atoms with Crippen LogP contribution in [0.5, 0.6) is 0 Å². The fourth-order valence-corrected chi connectivity index (χ4v) is 2.31. The van der Waals surface area contributed by atoms with E-state index < -0.39 is 4.92 Å². The van der Waals surface area contributed by atoms with Gasteiger partial charge in [-0.05, 0) is 18.2 Å². The SMILES string of the molecule is O=Cc1cc([N+](=O)[O-])ccc1Sc1ccc(Cl)cn1. The van der Waals surface area contributed by atoms with Gasteiger partial charge in [0.05, 0.1) is 9.95 Å². The second kappa shape index (κ2) is 5.81. The Kier molecular flexibility index (Phi) is 4.13. The topological polar surface area (TPSA) is 73.1 Å². The average molecular weight is 295 g/mol. The van der Waals surface area contributed by atoms with E-state index in [0.717, 1.165) is 0 Å². The maximum absolute atomic E-state index is 11.0. The largest absolute Gasteiger partial charge is 0.298 e. The van der Waals surface area contributed by atoms with Gasteiger partial charge in [-0.15, -0.1) is 0 Å². The van der Waals surface area contributed by atoms with Crippen molar-refractivity contribution in [1.82, 2.24) is 4.98 Å². The Morgan fingerprint density at radius 3 is 2.68 bits per heavy atom. The predicted molar refractivity (Wildman–Crippen MR) is 71.9 cm³/mol. The third-order valence-electron chi connectivity index (χ3n) is 2.25. The Bertz CT molecular complexity index is 631. The summed E-state index contributed by atoms with van der Waals surface area (Å²) in [6.07, 6.45) is 2.08. The van der Waals surface area contributed by atoms with Gasteiger partial charge >= 0.3 is 0 Å². The molecule has 0 bridgehead atoms. The van der Waals surface area contributed by atoms with Crippen LogP contribution in [0.3, 0.4) is 0 Å². The number of rotatable bonds is 4. The van der Waals surface area contributed by atoms with Crippen LogP contribution in [-0.2, 0) is 0 Å². The number of pyridine rings is 1. The average Bonchev–Trinajstić information content (AvgIpc) is 2.41. The third-order valence-corrected chi connectivity index (χ3v) is 3.51. The number of hydrogen-bond donors (Lipinski definition) is 0. The third kappa shape index (κ3) is 3.30. The molecule has 0 spiro atoms. The number of halogens is 1. The molecule has 5 nitrogen and oxygen atoms in total. The first-order valence-electron chi connectivity index (χ1n) is 5.13. The van der Waals surface area contributed by atoms with Crippen LogP contribution >= 0.6 is 23.4 Å². The molecule has 2 rings (SSSR count). The van der Waals surface area contributed by atoms with E-state index in [4.69, 9.17) is 11.6 Å². The van der Waals surface area contributed by atoms with Gasteiger partial charge in [-0.1, -0.05) is 23.4 Å². The molecule has 1 aromatic heterocycles. The minimum Gasteiger partial charge on any atom is -0.298 e. The van der Waals surface area contributed by atoms with Gasteiger partial charge < -0.3 is 0 Å². The lowest BCUT2D eigenvalue weighted by atomic mass is 10.2. The van der Waals surface area contributed by atoms with Gasteiger partial charge in [0.2, 0.25) is 0 Å². The molecule has 0 N–H and O–H groups in total. The lowest BCUT2D eigenvalue weighted by molar-refractivity contribution is -0.384. The zero-order chi connectivity index (χ0) is 13.8. The standard InChI is InChI=1S/C12H7ClN2O3S/c13-9-1-4-12(14-6-9)19-11-3-2-10(15(17)18)5-8(11)7-16/h1-7H. The molecule has 1 heterocycles. The van der Waals surface area contributed by atoms with Crippen molar-refractivity contribution in [3.63, 3.8) is 0 Å². The van der Waals surface area contributed by atoms with Crippen LogP contribution in [0, 0.1) is 10.1 Å². The van der Waals surface area contributed by atoms with Crippen molar-refractivity contribution in [3.05, 3.63) is 57.2 Å². The summed E-state index contributed by atoms with van der Waals surface area (Å²) in [6, 6.07) is 7.52. The van der Waals surface area contributed by atoms with Crippen LogP contribution in [-0.4, -0.2) is 16.2 Å². The van der Waals surface area contributed by atoms with E-state index in [-0.39, 0.29) is 11.3 Å². The Balaban J connectivity index is 2.32. The van der Waals surface area contributed by atoms with Gasteiger partial charge in [0, 0.05) is 28.8 Å². The zero-order valence-electron chi connectivity index (χ0n) is 9.45. The van der Waals surface area contributed by atoms with Gasteiger partial charge in [-0.3, -0.25) is 14.9 Å². The van der Waals surface area contributed by atoms with Crippen molar-refractivity contribution in [2.45, 2.75) is 9.92 Å². The number of aromatic nitrogens is 1. The molecule has 0 radical (unpaired) electrons. The molecule has 0 saturated heterocycles. The monoisotopic (exact) mass is 294 g/mol. The lowest BCUT2D eigenvalue weighted by Gasteiger charge is -2.03. The normalized spacial score (nSPS) is 10.2. The maximum Gasteiger partial charge on any atom is 0.270 e. The van der Waals surface area contributed by atoms with Crippen molar-refractivity contribution in [2.24, 2.45) is 0 Å². The highest BCUT2D eigenvalue weighted by molar-refractivity contribution is 7.99. The van der Waals surface area contributed by atoms with Gasteiger partial charge in [-0.2, -0.15) is 0 Å². The van der Waals surface area contributed by atoms with E-state index in [0.29, 0.717) is 21.2 Å². The van der Waals surface area contributed by atoms with Crippen LogP contribution in [0.25, 0.3) is 0 Å². The second-order valence-corrected chi connectivity index (χ2v) is 5.01. The van der Waals surface area contributed by atoms with E-state index in [1.54, 1.807) is 12.1 Å². The number of aldehydes is 1. The summed E-state index contributed by atoms with van der Waals surface area (Å²) >= 11 is 6.97. The fraction of sp³-hybridized carbons (Fsp3) is 0. The first kappa shape index (κ1) is 13.5. The van der Waals surface area contributed by atoms with E-state index in [1.807, 2.05) is 0 Å². The molecule has 96 valence electrons. The smallest absolute Gasteiger partial charge is 0.270 e. The Morgan fingerprint density at radius 1 is 1.32 bits per heavy atom. The molecule has 19 heavy (non-hydrogen) atoms. The quantitative estimate of drug-likeness (QED) is 0.489. The summed E-state index contributed by atoms with van der Waals surface area (Å²) in [5, 5.41) is 11.8. The van der Waals surface area contributed by atoms with Crippen molar-refractivity contribution in [3.8, 4) is 0 Å². The Hall–Kier alpha value is -1.92. The van der Waals surface area contributed by atoms with Crippen molar-refractivity contribution < 1.29 is 9.72 Å². The molecular formula is C12H7ClN2O3S. The molecule has 0 saturated carbocycles. The molecule has 2 aromatic rings. The maximum atomic E-state index is 11.0. The number of carbonyl (C=O) groups excluding carboxylic acids is 1. The number of benzene rings is 1. The van der Waals surface area contributed by atoms with Gasteiger partial charge in [-0.25, -0.2) is 4.98 Å². The molecule has 1 aromatic carbocycles. The number of non-ortho nitro benzene ring substituents is 1. The summed E-state index contributed by atoms with van der Waals surface area (Å²) in [4.78, 5) is 25.8. The molecule has 0 aliphatic heterocycles. The lowest BCUT2D eigenvalue weighted by Crippen LogP contribution is -1.92. The molecular weight excluding hydrogens is 288 g/mol. The highest BCUT2D eigenvalue weighted by Crippen LogP contribution is 2.30. The van der Waals surface area contributed by atoms with Gasteiger partial charge in [0.15, 0.2) is 6.29 Å². The van der Waals surface area contributed by atoms with Gasteiger partial charge in [0.25, 0.3) is 5.69 Å². The highest BCUT2D eigenvalue weighted by Gasteiger charge is 2.11. The van der Waals surface area contributed by atoms with Gasteiger partial charge in [0.1, 0.15) is 5.03 Å². The summed E-state index contributed by atoms with van der Waals surface area (Å²) in [5.74, 6) is 0. The Labute approximate surface area is 117 Å². The predicted octanol–water partition coefficient (Wildman–Crippen LogP) is 3.61. The second-order valence-electron chi connectivity index (χ2n) is 3.51. The highest BCUT2D eigenvalue weighted by atomic mass is 35.5. The summed E-state index contributed by atoms with van der Waals surface area (Å²) in [5.41, 5.74) is 0.145. The number of hydrogen-bond acceptors (Lipinski definition) is 5. The van der Waals surface area contributed by atoms with Crippen LogP contribution in [0.15, 0.2) is 46.5 Å². The van der Waals surface area contributed by atoms with E-state index in [9.17, 15) is 14.9 Å². The summed E-state index contributed by atoms with van der Waals surface area (Å²) in [6.45, 7) is 0. The van der Waals surface area contributed by atoms with Crippen molar-refractivity contribution in [1.29, 1.82) is 0 Å². The summed E-state index contributed by atoms with van der Waals surface area (Å²) < 4.78 is 0. The zero-order valence-corrected chi connectivity index (χ0v) is 11.0. The number of nitrogens with zero attached hydrogens (tertiary/aromatic N) is 2. The van der Waals surface area contributed by atoms with Crippen molar-refractivity contribution >= 4 is 35.3 Å². The molecule has 7 heteroatoms. The number of nitro benzene ring substituents is 1. The number of carbonyl (C=O) groups is 1. The van der Waals surface area contributed by atoms with Crippen LogP contribution in [0.2, 0.25) is 5.02 Å². The van der Waals surface area contributed by atoms with E-state index in [2.05, 4.69) is 4.98 Å². The van der Waals surface area contributed by atoms with Crippen LogP contribution < -0.4 is 0 Å².